The summed E-state index contributed by atoms with van der Waals surface area (Å²) in [5.41, 5.74) is 7.33. The molecule has 0 fully saturated rings. The van der Waals surface area contributed by atoms with Crippen LogP contribution < -0.4 is 10.6 Å². The quantitative estimate of drug-likeness (QED) is 0.0569. The third-order valence-electron chi connectivity index (χ3n) is 11.2. The van der Waals surface area contributed by atoms with Gasteiger partial charge in [-0.15, -0.1) is 0 Å². The number of aromatic nitrogens is 2. The molecule has 0 bridgehead atoms. The van der Waals surface area contributed by atoms with Gasteiger partial charge in [-0.25, -0.2) is 15.0 Å². The first-order chi connectivity index (χ1) is 34.8. The molecule has 7 aromatic rings. The fourth-order valence-corrected chi connectivity index (χ4v) is 8.47. The summed E-state index contributed by atoms with van der Waals surface area (Å²) in [5, 5.41) is 6.61. The van der Waals surface area contributed by atoms with Gasteiger partial charge >= 0.3 is 0 Å². The van der Waals surface area contributed by atoms with E-state index in [0.717, 1.165) is 28.7 Å². The van der Waals surface area contributed by atoms with Crippen molar-refractivity contribution in [2.75, 3.05) is 77.2 Å². The van der Waals surface area contributed by atoms with Crippen LogP contribution in [0, 0.1) is 0 Å². The molecule has 15 heteroatoms. The second kappa shape index (κ2) is 24.8. The second-order valence-electron chi connectivity index (χ2n) is 16.3. The third-order valence-corrected chi connectivity index (χ3v) is 11.9. The largest absolute Gasteiger partial charge is 0.382 e. The molecule has 1 aromatic heterocycles. The van der Waals surface area contributed by atoms with Crippen LogP contribution in [-0.2, 0) is 39.1 Å². The maximum Gasteiger partial charge on any atom is 0.263 e. The van der Waals surface area contributed by atoms with Crippen molar-refractivity contribution in [2.45, 2.75) is 19.1 Å². The number of aliphatic imine (C=N–C) groups is 2. The van der Waals surface area contributed by atoms with Crippen molar-refractivity contribution in [3.05, 3.63) is 184 Å². The highest BCUT2D eigenvalue weighted by Gasteiger charge is 2.46. The number of anilines is 2. The Hall–Kier alpha value is -6.81. The lowest BCUT2D eigenvalue weighted by Gasteiger charge is -2.31. The van der Waals surface area contributed by atoms with E-state index in [1.807, 2.05) is 133 Å². The minimum Gasteiger partial charge on any atom is -0.382 e. The van der Waals surface area contributed by atoms with E-state index in [4.69, 9.17) is 61.9 Å². The van der Waals surface area contributed by atoms with E-state index >= 15 is 0 Å². The molecule has 0 spiro atoms. The fraction of sp³-hybridized carbons (Fsp3) is 0.232. The predicted octanol–water partition coefficient (Wildman–Crippen LogP) is 10.8. The minimum atomic E-state index is -1.79. The van der Waals surface area contributed by atoms with E-state index in [-0.39, 0.29) is 38.2 Å². The topological polar surface area (TPSA) is 147 Å². The van der Waals surface area contributed by atoms with Crippen LogP contribution in [0.2, 0.25) is 10.0 Å². The maximum atomic E-state index is 13.5. The Bertz CT molecular complexity index is 2900. The molecule has 6 aromatic carbocycles. The number of methoxy groups -OCH3 is 1. The summed E-state index contributed by atoms with van der Waals surface area (Å²) in [6.07, 6.45) is 0.886. The van der Waals surface area contributed by atoms with Gasteiger partial charge in [-0.05, 0) is 42.8 Å². The normalized spacial score (nSPS) is 12.9. The standard InChI is InChI=1S/C56H54Cl2N6O7/c1-3-28-68-31-33-70-38-50(66)60-44-25-27-48(58)46(36-44)56(62-51(39-16-8-4-9-17-39)52(63-56)40-18-10-5-11-19-40)64-54(42-22-14-7-15-23-42)53(41-20-12-6-13-21-41)61-55(64)45-35-43(24-26-47(45)57)59-49(65)37-71-34-32-69-30-29-67-2/h4-27,35-36H,3,28-34,37-38H2,1-2H3,(H,59,65)(H,60,66). The third kappa shape index (κ3) is 12.4. The van der Waals surface area contributed by atoms with Gasteiger partial charge in [0.2, 0.25) is 11.8 Å². The molecule has 0 atom stereocenters. The molecule has 0 saturated carbocycles. The molecule has 2 heterocycles. The molecular weight excluding hydrogens is 940 g/mol. The van der Waals surface area contributed by atoms with Crippen molar-refractivity contribution in [1.29, 1.82) is 0 Å². The SMILES string of the molecule is CCCOCCOCC(=O)Nc1ccc(Cl)c(C2(n3c(-c4cc(NC(=O)COCCOCCOC)ccc4Cl)nc(-c4ccccc4)c3-c3ccccc3)N=C(c3ccccc3)C(c3ccccc3)=N2)c1. The molecule has 71 heavy (non-hydrogen) atoms. The minimum absolute atomic E-state index is 0.198. The van der Waals surface area contributed by atoms with Gasteiger partial charge in [0.1, 0.15) is 19.0 Å². The Morgan fingerprint density at radius 3 is 1.55 bits per heavy atom. The Morgan fingerprint density at radius 1 is 0.549 bits per heavy atom. The number of imidazole rings is 1. The van der Waals surface area contributed by atoms with Crippen LogP contribution in [-0.4, -0.2) is 99.4 Å². The van der Waals surface area contributed by atoms with Crippen LogP contribution >= 0.6 is 23.2 Å². The van der Waals surface area contributed by atoms with Crippen LogP contribution in [0.25, 0.3) is 33.9 Å². The number of amides is 2. The summed E-state index contributed by atoms with van der Waals surface area (Å²) in [5.74, 6) is -2.19. The van der Waals surface area contributed by atoms with Crippen LogP contribution in [0.4, 0.5) is 11.4 Å². The van der Waals surface area contributed by atoms with E-state index in [9.17, 15) is 9.59 Å². The predicted molar refractivity (Wildman–Crippen MR) is 281 cm³/mol. The molecule has 0 unspecified atom stereocenters. The number of nitrogens with zero attached hydrogens (tertiary/aromatic N) is 4. The van der Waals surface area contributed by atoms with E-state index in [1.54, 1.807) is 43.5 Å². The highest BCUT2D eigenvalue weighted by atomic mass is 35.5. The number of benzene rings is 6. The summed E-state index contributed by atoms with van der Waals surface area (Å²) >= 11 is 14.8. The fourth-order valence-electron chi connectivity index (χ4n) is 8.03. The number of hydrogen-bond donors (Lipinski definition) is 2. The first-order valence-corrected chi connectivity index (χ1v) is 24.1. The Labute approximate surface area is 423 Å². The van der Waals surface area contributed by atoms with Crippen LogP contribution in [0.5, 0.6) is 0 Å². The summed E-state index contributed by atoms with van der Waals surface area (Å²) in [7, 11) is 1.60. The second-order valence-corrected chi connectivity index (χ2v) is 17.1. The zero-order valence-electron chi connectivity index (χ0n) is 39.5. The highest BCUT2D eigenvalue weighted by Crippen LogP contribution is 2.49. The molecule has 2 N–H and O–H groups in total. The van der Waals surface area contributed by atoms with Crippen LogP contribution in [0.3, 0.4) is 0 Å². The van der Waals surface area contributed by atoms with Crippen LogP contribution in [0.1, 0.15) is 30.0 Å². The molecular formula is C56H54Cl2N6O7. The van der Waals surface area contributed by atoms with Gasteiger partial charge < -0.3 is 34.3 Å². The van der Waals surface area contributed by atoms with Crippen molar-refractivity contribution in [2.24, 2.45) is 9.98 Å². The molecule has 2 amide bonds. The number of nitrogens with one attached hydrogen (secondary N) is 2. The Morgan fingerprint density at radius 2 is 1.01 bits per heavy atom. The smallest absolute Gasteiger partial charge is 0.263 e. The number of hydrogen-bond acceptors (Lipinski definition) is 10. The highest BCUT2D eigenvalue weighted by molar-refractivity contribution is 6.54. The number of halogens is 2. The average Bonchev–Trinajstić information content (AvgIpc) is 4.01. The monoisotopic (exact) mass is 992 g/mol. The lowest BCUT2D eigenvalue weighted by Crippen LogP contribution is -2.32. The van der Waals surface area contributed by atoms with E-state index < -0.39 is 5.79 Å². The number of rotatable bonds is 24. The van der Waals surface area contributed by atoms with Crippen molar-refractivity contribution >= 4 is 57.8 Å². The van der Waals surface area contributed by atoms with Crippen molar-refractivity contribution in [1.82, 2.24) is 9.55 Å². The van der Waals surface area contributed by atoms with E-state index in [2.05, 4.69) is 10.6 Å². The first-order valence-electron chi connectivity index (χ1n) is 23.3. The zero-order valence-corrected chi connectivity index (χ0v) is 41.0. The first kappa shape index (κ1) is 50.6. The number of carbonyl (C=O) groups is 2. The van der Waals surface area contributed by atoms with Gasteiger partial charge in [0.25, 0.3) is 5.79 Å². The molecule has 0 radical (unpaired) electrons. The number of ether oxygens (including phenoxy) is 5. The summed E-state index contributed by atoms with van der Waals surface area (Å²) < 4.78 is 29.3. The maximum absolute atomic E-state index is 13.5. The lowest BCUT2D eigenvalue weighted by molar-refractivity contribution is -0.121. The molecule has 364 valence electrons. The summed E-state index contributed by atoms with van der Waals surface area (Å²) in [6.45, 7) is 4.29. The number of carbonyl (C=O) groups excluding carboxylic acids is 2. The molecule has 1 aliphatic rings. The van der Waals surface area contributed by atoms with Gasteiger partial charge in [0, 0.05) is 58.5 Å². The summed E-state index contributed by atoms with van der Waals surface area (Å²) in [4.78, 5) is 43.9. The molecule has 0 saturated heterocycles. The van der Waals surface area contributed by atoms with Gasteiger partial charge in [0.05, 0.1) is 72.5 Å². The molecule has 8 rings (SSSR count). The van der Waals surface area contributed by atoms with Crippen LogP contribution in [0.15, 0.2) is 168 Å². The van der Waals surface area contributed by atoms with Crippen molar-refractivity contribution in [3.63, 3.8) is 0 Å². The van der Waals surface area contributed by atoms with Gasteiger partial charge in [-0.2, -0.15) is 0 Å². The summed E-state index contributed by atoms with van der Waals surface area (Å²) in [6, 6.07) is 49.8. The van der Waals surface area contributed by atoms with E-state index in [0.29, 0.717) is 94.2 Å². The van der Waals surface area contributed by atoms with Gasteiger partial charge in [-0.1, -0.05) is 151 Å². The average molecular weight is 994 g/mol. The lowest BCUT2D eigenvalue weighted by atomic mass is 10.0. The zero-order chi connectivity index (χ0) is 49.4. The van der Waals surface area contributed by atoms with Crippen molar-refractivity contribution < 1.29 is 33.3 Å². The van der Waals surface area contributed by atoms with Crippen molar-refractivity contribution in [3.8, 4) is 33.9 Å². The molecule has 1 aliphatic heterocycles. The molecule has 0 aliphatic carbocycles. The molecule has 13 nitrogen and oxygen atoms in total. The van der Waals surface area contributed by atoms with Gasteiger partial charge in [-0.3, -0.25) is 14.2 Å². The Balaban J connectivity index is 1.36. The van der Waals surface area contributed by atoms with E-state index in [1.165, 1.54) is 0 Å². The Kier molecular flexibility index (Phi) is 17.7. The van der Waals surface area contributed by atoms with Gasteiger partial charge in [0.15, 0.2) is 0 Å².